The fourth-order valence-corrected chi connectivity index (χ4v) is 2.51. The van der Waals surface area contributed by atoms with E-state index in [1.54, 1.807) is 19.2 Å². The van der Waals surface area contributed by atoms with Gasteiger partial charge in [-0.15, -0.1) is 0 Å². The van der Waals surface area contributed by atoms with Gasteiger partial charge in [-0.2, -0.15) is 0 Å². The Kier molecular flexibility index (Phi) is 5.21. The fourth-order valence-electron chi connectivity index (χ4n) is 2.51. The predicted octanol–water partition coefficient (Wildman–Crippen LogP) is 2.79. The summed E-state index contributed by atoms with van der Waals surface area (Å²) in [5.41, 5.74) is 1.27. The van der Waals surface area contributed by atoms with Crippen molar-refractivity contribution in [1.82, 2.24) is 0 Å². The Morgan fingerprint density at radius 2 is 1.55 bits per heavy atom. The lowest BCUT2D eigenvalue weighted by Gasteiger charge is -2.41. The lowest BCUT2D eigenvalue weighted by Crippen LogP contribution is -2.55. The Morgan fingerprint density at radius 3 is 2.00 bits per heavy atom. The van der Waals surface area contributed by atoms with Gasteiger partial charge < -0.3 is 18.9 Å². The molecule has 0 radical (unpaired) electrons. The summed E-state index contributed by atoms with van der Waals surface area (Å²) in [7, 11) is 1.60. The van der Waals surface area contributed by atoms with Crippen molar-refractivity contribution < 1.29 is 23.7 Å². The van der Waals surface area contributed by atoms with E-state index in [2.05, 4.69) is 0 Å². The molecule has 0 heterocycles. The molecule has 2 rings (SSSR count). The normalized spacial score (nSPS) is 16.5. The topological polar surface area (TPSA) is 54.0 Å². The Bertz CT molecular complexity index is 553. The van der Waals surface area contributed by atoms with Gasteiger partial charge in [-0.05, 0) is 38.5 Å². The molecule has 0 saturated heterocycles. The molecular weight excluding hydrogens is 284 g/mol. The minimum absolute atomic E-state index is 0.204. The van der Waals surface area contributed by atoms with Crippen LogP contribution in [-0.4, -0.2) is 38.5 Å². The van der Waals surface area contributed by atoms with Crippen LogP contribution >= 0.6 is 0 Å². The molecule has 1 aliphatic rings. The summed E-state index contributed by atoms with van der Waals surface area (Å²) in [4.78, 5) is 12.7. The summed E-state index contributed by atoms with van der Waals surface area (Å²) in [6, 6.07) is 7.26. The number of carbonyl (C=O) groups is 1. The summed E-state index contributed by atoms with van der Waals surface area (Å²) < 4.78 is 22.0. The molecule has 0 unspecified atom stereocenters. The van der Waals surface area contributed by atoms with E-state index < -0.39 is 5.79 Å². The van der Waals surface area contributed by atoms with Gasteiger partial charge >= 0.3 is 0 Å². The van der Waals surface area contributed by atoms with E-state index in [0.29, 0.717) is 31.2 Å². The third kappa shape index (κ3) is 2.62. The molecule has 0 N–H and O–H groups in total. The smallest absolute Gasteiger partial charge is 0.294 e. The molecule has 0 fully saturated rings. The fraction of sp³-hybridized carbons (Fsp3) is 0.471. The third-order valence-electron chi connectivity index (χ3n) is 3.41. The molecule has 1 aromatic carbocycles. The van der Waals surface area contributed by atoms with Crippen molar-refractivity contribution in [1.29, 1.82) is 0 Å². The van der Waals surface area contributed by atoms with Crippen LogP contribution in [0.15, 0.2) is 30.0 Å². The quantitative estimate of drug-likeness (QED) is 0.691. The van der Waals surface area contributed by atoms with Gasteiger partial charge in [0.2, 0.25) is 5.78 Å². The van der Waals surface area contributed by atoms with E-state index in [0.717, 1.165) is 11.3 Å². The molecule has 1 aliphatic carbocycles. The van der Waals surface area contributed by atoms with Crippen LogP contribution in [0.3, 0.4) is 0 Å². The van der Waals surface area contributed by atoms with Crippen LogP contribution in [-0.2, 0) is 19.0 Å². The molecule has 0 atom stereocenters. The predicted molar refractivity (Wildman–Crippen MR) is 82.5 cm³/mol. The summed E-state index contributed by atoms with van der Waals surface area (Å²) in [5.74, 6) is -0.414. The Labute approximate surface area is 130 Å². The molecule has 22 heavy (non-hydrogen) atoms. The molecule has 0 aromatic heterocycles. The SMILES string of the molecule is CCOC1=C(c2ccc(OC)cc2)C(=O)C1(OCC)OCC. The van der Waals surface area contributed by atoms with Crippen LogP contribution in [0, 0.1) is 0 Å². The molecule has 120 valence electrons. The summed E-state index contributed by atoms with van der Waals surface area (Å²) in [6.07, 6.45) is 0. The maximum atomic E-state index is 12.7. The van der Waals surface area contributed by atoms with Gasteiger partial charge in [0.25, 0.3) is 5.79 Å². The number of hydrogen-bond donors (Lipinski definition) is 0. The van der Waals surface area contributed by atoms with Gasteiger partial charge in [0.1, 0.15) is 5.75 Å². The minimum atomic E-state index is -1.39. The van der Waals surface area contributed by atoms with Gasteiger partial charge in [-0.25, -0.2) is 0 Å². The second-order valence-corrected chi connectivity index (χ2v) is 4.68. The first-order valence-corrected chi connectivity index (χ1v) is 7.49. The summed E-state index contributed by atoms with van der Waals surface area (Å²) >= 11 is 0. The van der Waals surface area contributed by atoms with Crippen LogP contribution in [0.1, 0.15) is 26.3 Å². The lowest BCUT2D eigenvalue weighted by molar-refractivity contribution is -0.225. The average molecular weight is 306 g/mol. The van der Waals surface area contributed by atoms with Crippen molar-refractivity contribution in [2.45, 2.75) is 26.6 Å². The van der Waals surface area contributed by atoms with Gasteiger partial charge in [-0.3, -0.25) is 4.79 Å². The standard InChI is InChI=1S/C17H22O5/c1-5-20-16-14(12-8-10-13(19-4)11-9-12)15(18)17(16,21-6-2)22-7-3/h8-11H,5-7H2,1-4H3. The third-order valence-corrected chi connectivity index (χ3v) is 3.41. The van der Waals surface area contributed by atoms with Gasteiger partial charge in [0.05, 0.1) is 19.3 Å². The monoisotopic (exact) mass is 306 g/mol. The summed E-state index contributed by atoms with van der Waals surface area (Å²) in [6.45, 7) is 6.66. The molecular formula is C17H22O5. The zero-order valence-electron chi connectivity index (χ0n) is 13.5. The maximum Gasteiger partial charge on any atom is 0.294 e. The van der Waals surface area contributed by atoms with E-state index in [-0.39, 0.29) is 5.78 Å². The van der Waals surface area contributed by atoms with Crippen LogP contribution < -0.4 is 4.74 Å². The molecule has 1 aromatic rings. The van der Waals surface area contributed by atoms with E-state index in [1.165, 1.54) is 0 Å². The van der Waals surface area contributed by atoms with Crippen LogP contribution in [0.4, 0.5) is 0 Å². The van der Waals surface area contributed by atoms with E-state index in [1.807, 2.05) is 32.9 Å². The number of rotatable bonds is 8. The first-order chi connectivity index (χ1) is 10.6. The number of hydrogen-bond acceptors (Lipinski definition) is 5. The molecule has 5 heteroatoms. The van der Waals surface area contributed by atoms with E-state index >= 15 is 0 Å². The highest BCUT2D eigenvalue weighted by Crippen LogP contribution is 2.45. The maximum absolute atomic E-state index is 12.7. The van der Waals surface area contributed by atoms with Gasteiger partial charge in [0, 0.05) is 13.2 Å². The highest BCUT2D eigenvalue weighted by atomic mass is 16.7. The van der Waals surface area contributed by atoms with Crippen molar-refractivity contribution in [3.8, 4) is 5.75 Å². The van der Waals surface area contributed by atoms with Gasteiger partial charge in [-0.1, -0.05) is 12.1 Å². The zero-order chi connectivity index (χ0) is 16.2. The lowest BCUT2D eigenvalue weighted by atomic mass is 9.82. The molecule has 0 aliphatic heterocycles. The Hall–Kier alpha value is -1.85. The van der Waals surface area contributed by atoms with Crippen LogP contribution in [0.2, 0.25) is 0 Å². The van der Waals surface area contributed by atoms with Crippen LogP contribution in [0.5, 0.6) is 5.75 Å². The Balaban J connectivity index is 2.45. The number of Topliss-reactive ketones (excluding diaryl/α,β-unsaturated/α-hetero) is 1. The minimum Gasteiger partial charge on any atom is -0.497 e. The molecule has 5 nitrogen and oxygen atoms in total. The first kappa shape index (κ1) is 16.5. The van der Waals surface area contributed by atoms with E-state index in [9.17, 15) is 4.79 Å². The number of methoxy groups -OCH3 is 1. The molecule has 0 spiro atoms. The average Bonchev–Trinajstić information content (AvgIpc) is 2.55. The second kappa shape index (κ2) is 6.94. The molecule has 0 amide bonds. The van der Waals surface area contributed by atoms with Gasteiger partial charge in [0.15, 0.2) is 5.76 Å². The highest BCUT2D eigenvalue weighted by Gasteiger charge is 2.58. The van der Waals surface area contributed by atoms with Crippen molar-refractivity contribution in [2.24, 2.45) is 0 Å². The van der Waals surface area contributed by atoms with Crippen molar-refractivity contribution in [3.05, 3.63) is 35.6 Å². The number of ether oxygens (including phenoxy) is 4. The first-order valence-electron chi connectivity index (χ1n) is 7.49. The number of carbonyl (C=O) groups excluding carboxylic acids is 1. The highest BCUT2D eigenvalue weighted by molar-refractivity contribution is 6.33. The largest absolute Gasteiger partial charge is 0.497 e. The zero-order valence-corrected chi connectivity index (χ0v) is 13.5. The van der Waals surface area contributed by atoms with Crippen molar-refractivity contribution >= 4 is 11.4 Å². The molecule has 0 bridgehead atoms. The summed E-state index contributed by atoms with van der Waals surface area (Å²) in [5, 5.41) is 0. The second-order valence-electron chi connectivity index (χ2n) is 4.68. The number of benzene rings is 1. The van der Waals surface area contributed by atoms with E-state index in [4.69, 9.17) is 18.9 Å². The van der Waals surface area contributed by atoms with Crippen LogP contribution in [0.25, 0.3) is 5.57 Å². The Morgan fingerprint density at radius 1 is 0.955 bits per heavy atom. The molecule has 0 saturated carbocycles. The van der Waals surface area contributed by atoms with Crippen molar-refractivity contribution in [3.63, 3.8) is 0 Å². The van der Waals surface area contributed by atoms with Crippen molar-refractivity contribution in [2.75, 3.05) is 26.9 Å². The number of ketones is 1.